The van der Waals surface area contributed by atoms with Crippen LogP contribution in [0.1, 0.15) is 25.4 Å². The van der Waals surface area contributed by atoms with Crippen LogP contribution >= 0.6 is 0 Å². The van der Waals surface area contributed by atoms with Crippen LogP contribution in [-0.2, 0) is 16.1 Å². The van der Waals surface area contributed by atoms with Crippen molar-refractivity contribution in [1.29, 1.82) is 0 Å². The number of imidazole rings is 1. The highest BCUT2D eigenvalue weighted by Gasteiger charge is 2.17. The van der Waals surface area contributed by atoms with Gasteiger partial charge in [-0.25, -0.2) is 9.78 Å². The lowest BCUT2D eigenvalue weighted by molar-refractivity contribution is -0.131. The molecule has 0 saturated carbocycles. The average Bonchev–Trinajstić information content (AvgIpc) is 2.79. The number of carbonyl (C=O) groups excluding carboxylic acids is 2. The number of rotatable bonds is 6. The standard InChI is InChI=1S/C13H22N4O3/c1-9(2)7-17(8-11-14-5-10(3)16-11)12(18)6-15-13(19)20-4/h5,9H,6-8H2,1-4H3,(H,14,16)(H,15,19). The maximum atomic E-state index is 12.1. The number of nitrogens with zero attached hydrogens (tertiary/aromatic N) is 2. The molecule has 0 aliphatic carbocycles. The number of carbonyl (C=O) groups is 2. The van der Waals surface area contributed by atoms with E-state index in [0.717, 1.165) is 11.5 Å². The first kappa shape index (κ1) is 16.0. The van der Waals surface area contributed by atoms with E-state index in [0.29, 0.717) is 19.0 Å². The van der Waals surface area contributed by atoms with Gasteiger partial charge in [-0.05, 0) is 12.8 Å². The Hall–Kier alpha value is -2.05. The van der Waals surface area contributed by atoms with E-state index in [9.17, 15) is 9.59 Å². The minimum absolute atomic E-state index is 0.0842. The maximum Gasteiger partial charge on any atom is 0.407 e. The fraction of sp³-hybridized carbons (Fsp3) is 0.615. The van der Waals surface area contributed by atoms with Crippen LogP contribution in [0.5, 0.6) is 0 Å². The van der Waals surface area contributed by atoms with E-state index in [4.69, 9.17) is 0 Å². The van der Waals surface area contributed by atoms with Crippen LogP contribution in [-0.4, -0.2) is 47.1 Å². The summed E-state index contributed by atoms with van der Waals surface area (Å²) in [6.45, 7) is 6.88. The van der Waals surface area contributed by atoms with Crippen molar-refractivity contribution in [1.82, 2.24) is 20.2 Å². The molecule has 0 aromatic carbocycles. The van der Waals surface area contributed by atoms with E-state index in [1.54, 1.807) is 11.1 Å². The summed E-state index contributed by atoms with van der Waals surface area (Å²) in [5.74, 6) is 0.890. The Labute approximate surface area is 118 Å². The number of hydrogen-bond acceptors (Lipinski definition) is 4. The van der Waals surface area contributed by atoms with Crippen LogP contribution in [0.2, 0.25) is 0 Å². The number of aromatic nitrogens is 2. The molecule has 7 heteroatoms. The zero-order valence-corrected chi connectivity index (χ0v) is 12.4. The topological polar surface area (TPSA) is 87.3 Å². The maximum absolute atomic E-state index is 12.1. The van der Waals surface area contributed by atoms with Crippen molar-refractivity contribution in [3.63, 3.8) is 0 Å². The molecule has 0 unspecified atom stereocenters. The third-order valence-electron chi connectivity index (χ3n) is 2.60. The first-order chi connectivity index (χ1) is 9.42. The van der Waals surface area contributed by atoms with Gasteiger partial charge < -0.3 is 19.9 Å². The molecule has 7 nitrogen and oxygen atoms in total. The normalized spacial score (nSPS) is 10.4. The fourth-order valence-electron chi connectivity index (χ4n) is 1.76. The lowest BCUT2D eigenvalue weighted by Gasteiger charge is -2.23. The Bertz CT molecular complexity index is 456. The molecule has 0 aliphatic rings. The molecule has 0 spiro atoms. The average molecular weight is 282 g/mol. The number of nitrogens with one attached hydrogen (secondary N) is 2. The van der Waals surface area contributed by atoms with Crippen molar-refractivity contribution in [2.45, 2.75) is 27.3 Å². The van der Waals surface area contributed by atoms with Crippen molar-refractivity contribution in [3.05, 3.63) is 17.7 Å². The number of H-pyrrole nitrogens is 1. The van der Waals surface area contributed by atoms with Gasteiger partial charge >= 0.3 is 6.09 Å². The number of hydrogen-bond donors (Lipinski definition) is 2. The molecule has 1 aromatic heterocycles. The molecular weight excluding hydrogens is 260 g/mol. The minimum atomic E-state index is -0.614. The smallest absolute Gasteiger partial charge is 0.407 e. The summed E-state index contributed by atoms with van der Waals surface area (Å²) in [7, 11) is 1.26. The summed E-state index contributed by atoms with van der Waals surface area (Å²) >= 11 is 0. The van der Waals surface area contributed by atoms with E-state index in [1.165, 1.54) is 7.11 Å². The van der Waals surface area contributed by atoms with Crippen molar-refractivity contribution < 1.29 is 14.3 Å². The number of ether oxygens (including phenoxy) is 1. The summed E-state index contributed by atoms with van der Waals surface area (Å²) in [4.78, 5) is 32.1. The number of methoxy groups -OCH3 is 1. The molecule has 0 atom stereocenters. The third-order valence-corrected chi connectivity index (χ3v) is 2.60. The Morgan fingerprint density at radius 3 is 2.70 bits per heavy atom. The van der Waals surface area contributed by atoms with Crippen molar-refractivity contribution in [2.24, 2.45) is 5.92 Å². The van der Waals surface area contributed by atoms with Crippen LogP contribution in [0.15, 0.2) is 6.20 Å². The molecule has 1 rings (SSSR count). The highest BCUT2D eigenvalue weighted by Crippen LogP contribution is 2.05. The van der Waals surface area contributed by atoms with Crippen LogP contribution in [0.25, 0.3) is 0 Å². The van der Waals surface area contributed by atoms with Gasteiger partial charge in [-0.3, -0.25) is 4.79 Å². The quantitative estimate of drug-likeness (QED) is 0.816. The lowest BCUT2D eigenvalue weighted by Crippen LogP contribution is -2.41. The largest absolute Gasteiger partial charge is 0.453 e. The molecule has 0 saturated heterocycles. The molecule has 2 N–H and O–H groups in total. The van der Waals surface area contributed by atoms with E-state index in [1.807, 2.05) is 20.8 Å². The summed E-state index contributed by atoms with van der Waals surface area (Å²) in [6, 6.07) is 0. The van der Waals surface area contributed by atoms with Gasteiger partial charge in [0.05, 0.1) is 13.7 Å². The molecule has 20 heavy (non-hydrogen) atoms. The molecule has 1 heterocycles. The molecule has 0 radical (unpaired) electrons. The third kappa shape index (κ3) is 5.29. The van der Waals surface area contributed by atoms with Gasteiger partial charge in [-0.1, -0.05) is 13.8 Å². The first-order valence-corrected chi connectivity index (χ1v) is 6.52. The summed E-state index contributed by atoms with van der Waals surface area (Å²) in [6.07, 6.45) is 1.11. The minimum Gasteiger partial charge on any atom is -0.453 e. The molecule has 0 aliphatic heterocycles. The predicted octanol–water partition coefficient (Wildman–Crippen LogP) is 1.06. The Kier molecular flexibility index (Phi) is 6.02. The summed E-state index contributed by atoms with van der Waals surface area (Å²) in [5, 5.41) is 2.39. The second kappa shape index (κ2) is 7.52. The van der Waals surface area contributed by atoms with Gasteiger partial charge in [-0.15, -0.1) is 0 Å². The summed E-state index contributed by atoms with van der Waals surface area (Å²) < 4.78 is 4.44. The van der Waals surface area contributed by atoms with Gasteiger partial charge in [0.25, 0.3) is 0 Å². The molecule has 0 bridgehead atoms. The highest BCUT2D eigenvalue weighted by atomic mass is 16.5. The Balaban J connectivity index is 2.63. The van der Waals surface area contributed by atoms with Gasteiger partial charge in [0.15, 0.2) is 0 Å². The number of aromatic amines is 1. The number of alkyl carbamates (subject to hydrolysis) is 1. The predicted molar refractivity (Wildman–Crippen MR) is 74.0 cm³/mol. The second-order valence-electron chi connectivity index (χ2n) is 5.03. The van der Waals surface area contributed by atoms with E-state index in [-0.39, 0.29) is 12.5 Å². The van der Waals surface area contributed by atoms with Crippen molar-refractivity contribution >= 4 is 12.0 Å². The number of aryl methyl sites for hydroxylation is 1. The Morgan fingerprint density at radius 2 is 2.20 bits per heavy atom. The van der Waals surface area contributed by atoms with Crippen LogP contribution in [0.3, 0.4) is 0 Å². The zero-order valence-electron chi connectivity index (χ0n) is 12.4. The molecule has 1 aromatic rings. The van der Waals surface area contributed by atoms with Crippen LogP contribution in [0.4, 0.5) is 4.79 Å². The zero-order chi connectivity index (χ0) is 15.1. The SMILES string of the molecule is COC(=O)NCC(=O)N(Cc1ncc(C)[nH]1)CC(C)C. The lowest BCUT2D eigenvalue weighted by atomic mass is 10.2. The number of amides is 2. The first-order valence-electron chi connectivity index (χ1n) is 6.52. The van der Waals surface area contributed by atoms with E-state index >= 15 is 0 Å². The van der Waals surface area contributed by atoms with Gasteiger partial charge in [0, 0.05) is 18.4 Å². The van der Waals surface area contributed by atoms with Crippen molar-refractivity contribution in [3.8, 4) is 0 Å². The highest BCUT2D eigenvalue weighted by molar-refractivity contribution is 5.82. The van der Waals surface area contributed by atoms with E-state index < -0.39 is 6.09 Å². The van der Waals surface area contributed by atoms with Gasteiger partial charge in [-0.2, -0.15) is 0 Å². The van der Waals surface area contributed by atoms with E-state index in [2.05, 4.69) is 20.0 Å². The van der Waals surface area contributed by atoms with Gasteiger partial charge in [0.1, 0.15) is 12.4 Å². The van der Waals surface area contributed by atoms with Crippen LogP contribution < -0.4 is 5.32 Å². The molecule has 112 valence electrons. The fourth-order valence-corrected chi connectivity index (χ4v) is 1.76. The second-order valence-corrected chi connectivity index (χ2v) is 5.03. The summed E-state index contributed by atoms with van der Waals surface area (Å²) in [5.41, 5.74) is 0.949. The Morgan fingerprint density at radius 1 is 1.50 bits per heavy atom. The van der Waals surface area contributed by atoms with Crippen LogP contribution in [0, 0.1) is 12.8 Å². The molecular formula is C13H22N4O3. The monoisotopic (exact) mass is 282 g/mol. The van der Waals surface area contributed by atoms with Gasteiger partial charge in [0.2, 0.25) is 5.91 Å². The molecule has 2 amide bonds. The molecule has 0 fully saturated rings. The van der Waals surface area contributed by atoms with Crippen molar-refractivity contribution in [2.75, 3.05) is 20.2 Å².